The van der Waals surface area contributed by atoms with Crippen molar-refractivity contribution in [3.63, 3.8) is 0 Å². The molecule has 0 bridgehead atoms. The van der Waals surface area contributed by atoms with E-state index in [1.54, 1.807) is 7.11 Å². The largest absolute Gasteiger partial charge is 0.496 e. The standard InChI is InChI=1S/C12H12BrNO2/c1-15-11-3-2-9(13)6-10(11)12-8(7-14)4-5-16-12/h2-3,6,8,12H,4-5H2,1H3. The molecule has 1 heterocycles. The minimum Gasteiger partial charge on any atom is -0.496 e. The van der Waals surface area contributed by atoms with Crippen molar-refractivity contribution in [3.8, 4) is 11.8 Å². The molecule has 1 aromatic carbocycles. The molecule has 2 rings (SSSR count). The summed E-state index contributed by atoms with van der Waals surface area (Å²) in [5, 5.41) is 9.05. The zero-order chi connectivity index (χ0) is 11.5. The summed E-state index contributed by atoms with van der Waals surface area (Å²) in [5.41, 5.74) is 0.945. The molecule has 2 atom stereocenters. The zero-order valence-electron chi connectivity index (χ0n) is 8.94. The molecule has 0 aliphatic carbocycles. The molecule has 0 spiro atoms. The number of nitriles is 1. The lowest BCUT2D eigenvalue weighted by Gasteiger charge is -2.17. The lowest BCUT2D eigenvalue weighted by molar-refractivity contribution is 0.0983. The lowest BCUT2D eigenvalue weighted by atomic mass is 9.96. The fraction of sp³-hybridized carbons (Fsp3) is 0.417. The fourth-order valence-corrected chi connectivity index (χ4v) is 2.33. The second kappa shape index (κ2) is 4.86. The van der Waals surface area contributed by atoms with E-state index in [0.717, 1.165) is 22.2 Å². The normalized spacial score (nSPS) is 24.1. The Morgan fingerprint density at radius 3 is 3.06 bits per heavy atom. The Morgan fingerprint density at radius 1 is 1.56 bits per heavy atom. The Balaban J connectivity index is 2.38. The maximum Gasteiger partial charge on any atom is 0.124 e. The Bertz CT molecular complexity index is 428. The second-order valence-electron chi connectivity index (χ2n) is 3.70. The van der Waals surface area contributed by atoms with Crippen molar-refractivity contribution in [1.82, 2.24) is 0 Å². The topological polar surface area (TPSA) is 42.2 Å². The molecule has 0 N–H and O–H groups in total. The van der Waals surface area contributed by atoms with Crippen LogP contribution in [0.15, 0.2) is 22.7 Å². The molecular weight excluding hydrogens is 270 g/mol. The first kappa shape index (κ1) is 11.4. The molecule has 1 aromatic rings. The molecule has 3 nitrogen and oxygen atoms in total. The van der Waals surface area contributed by atoms with Gasteiger partial charge in [-0.15, -0.1) is 0 Å². The molecule has 0 amide bonds. The van der Waals surface area contributed by atoms with Crippen LogP contribution in [0.3, 0.4) is 0 Å². The van der Waals surface area contributed by atoms with Crippen LogP contribution in [0, 0.1) is 17.2 Å². The highest BCUT2D eigenvalue weighted by molar-refractivity contribution is 9.10. The summed E-state index contributed by atoms with van der Waals surface area (Å²) >= 11 is 3.42. The molecule has 1 aliphatic rings. The summed E-state index contributed by atoms with van der Waals surface area (Å²) in [5.74, 6) is 0.693. The molecule has 84 valence electrons. The minimum atomic E-state index is -0.169. The number of rotatable bonds is 2. The fourth-order valence-electron chi connectivity index (χ4n) is 1.96. The van der Waals surface area contributed by atoms with Gasteiger partial charge in [0.15, 0.2) is 0 Å². The third-order valence-corrected chi connectivity index (χ3v) is 3.25. The predicted molar refractivity (Wildman–Crippen MR) is 63.1 cm³/mol. The van der Waals surface area contributed by atoms with Crippen LogP contribution >= 0.6 is 15.9 Å². The molecule has 16 heavy (non-hydrogen) atoms. The van der Waals surface area contributed by atoms with Crippen molar-refractivity contribution in [2.45, 2.75) is 12.5 Å². The van der Waals surface area contributed by atoms with Crippen molar-refractivity contribution in [1.29, 1.82) is 5.26 Å². The summed E-state index contributed by atoms with van der Waals surface area (Å²) in [6.45, 7) is 0.637. The summed E-state index contributed by atoms with van der Waals surface area (Å²) in [6.07, 6.45) is 0.619. The maximum absolute atomic E-state index is 9.05. The van der Waals surface area contributed by atoms with Gasteiger partial charge in [-0.2, -0.15) is 5.26 Å². The van der Waals surface area contributed by atoms with Crippen molar-refractivity contribution in [3.05, 3.63) is 28.2 Å². The van der Waals surface area contributed by atoms with Crippen LogP contribution in [0.4, 0.5) is 0 Å². The summed E-state index contributed by atoms with van der Waals surface area (Å²) in [4.78, 5) is 0. The van der Waals surface area contributed by atoms with Crippen LogP contribution in [0.25, 0.3) is 0 Å². The first-order chi connectivity index (χ1) is 7.76. The van der Waals surface area contributed by atoms with E-state index < -0.39 is 0 Å². The van der Waals surface area contributed by atoms with Crippen LogP contribution in [-0.2, 0) is 4.74 Å². The average Bonchev–Trinajstić information content (AvgIpc) is 2.76. The van der Waals surface area contributed by atoms with Gasteiger partial charge in [0, 0.05) is 16.6 Å². The SMILES string of the molecule is COc1ccc(Br)cc1C1OCCC1C#N. The molecule has 4 heteroatoms. The number of halogens is 1. The molecule has 2 unspecified atom stereocenters. The quantitative estimate of drug-likeness (QED) is 0.837. The van der Waals surface area contributed by atoms with Gasteiger partial charge in [0.1, 0.15) is 11.9 Å². The van der Waals surface area contributed by atoms with Crippen molar-refractivity contribution in [2.24, 2.45) is 5.92 Å². The molecule has 1 saturated heterocycles. The molecule has 0 saturated carbocycles. The first-order valence-corrected chi connectivity index (χ1v) is 5.90. The van der Waals surface area contributed by atoms with E-state index in [9.17, 15) is 0 Å². The van der Waals surface area contributed by atoms with Gasteiger partial charge in [0.25, 0.3) is 0 Å². The third-order valence-electron chi connectivity index (χ3n) is 2.76. The van der Waals surface area contributed by atoms with E-state index in [1.807, 2.05) is 18.2 Å². The molecule has 1 aliphatic heterocycles. The maximum atomic E-state index is 9.05. The number of nitrogens with zero attached hydrogens (tertiary/aromatic N) is 1. The summed E-state index contributed by atoms with van der Waals surface area (Å²) in [6, 6.07) is 8.04. The minimum absolute atomic E-state index is 0.0804. The molecule has 1 fully saturated rings. The van der Waals surface area contributed by atoms with E-state index in [1.165, 1.54) is 0 Å². The highest BCUT2D eigenvalue weighted by Gasteiger charge is 2.31. The molecular formula is C12H12BrNO2. The number of hydrogen-bond acceptors (Lipinski definition) is 3. The van der Waals surface area contributed by atoms with Gasteiger partial charge in [0.2, 0.25) is 0 Å². The monoisotopic (exact) mass is 281 g/mol. The van der Waals surface area contributed by atoms with E-state index in [2.05, 4.69) is 22.0 Å². The van der Waals surface area contributed by atoms with Gasteiger partial charge in [0.05, 0.1) is 19.1 Å². The zero-order valence-corrected chi connectivity index (χ0v) is 10.5. The van der Waals surface area contributed by atoms with Crippen LogP contribution in [0.2, 0.25) is 0 Å². The molecule has 0 radical (unpaired) electrons. The van der Waals surface area contributed by atoms with E-state index in [4.69, 9.17) is 14.7 Å². The summed E-state index contributed by atoms with van der Waals surface area (Å²) in [7, 11) is 1.63. The molecule has 0 aromatic heterocycles. The van der Waals surface area contributed by atoms with Gasteiger partial charge in [-0.05, 0) is 24.6 Å². The number of benzene rings is 1. The first-order valence-electron chi connectivity index (χ1n) is 5.11. The van der Waals surface area contributed by atoms with Crippen LogP contribution in [-0.4, -0.2) is 13.7 Å². The van der Waals surface area contributed by atoms with Crippen LogP contribution in [0.1, 0.15) is 18.1 Å². The van der Waals surface area contributed by atoms with Gasteiger partial charge < -0.3 is 9.47 Å². The third kappa shape index (κ3) is 2.06. The Labute approximate surface area is 103 Å². The number of ether oxygens (including phenoxy) is 2. The van der Waals surface area contributed by atoms with Crippen molar-refractivity contribution < 1.29 is 9.47 Å². The van der Waals surface area contributed by atoms with Crippen molar-refractivity contribution in [2.75, 3.05) is 13.7 Å². The average molecular weight is 282 g/mol. The Kier molecular flexibility index (Phi) is 3.47. The van der Waals surface area contributed by atoms with Crippen LogP contribution in [0.5, 0.6) is 5.75 Å². The summed E-state index contributed by atoms with van der Waals surface area (Å²) < 4.78 is 11.9. The Hall–Kier alpha value is -1.05. The number of methoxy groups -OCH3 is 1. The highest BCUT2D eigenvalue weighted by atomic mass is 79.9. The Morgan fingerprint density at radius 2 is 2.38 bits per heavy atom. The second-order valence-corrected chi connectivity index (χ2v) is 4.62. The van der Waals surface area contributed by atoms with Gasteiger partial charge >= 0.3 is 0 Å². The van der Waals surface area contributed by atoms with Gasteiger partial charge in [-0.1, -0.05) is 15.9 Å². The van der Waals surface area contributed by atoms with Gasteiger partial charge in [-0.3, -0.25) is 0 Å². The number of hydrogen-bond donors (Lipinski definition) is 0. The van der Waals surface area contributed by atoms with Crippen molar-refractivity contribution >= 4 is 15.9 Å². The van der Waals surface area contributed by atoms with Gasteiger partial charge in [-0.25, -0.2) is 0 Å². The van der Waals surface area contributed by atoms with E-state index >= 15 is 0 Å². The van der Waals surface area contributed by atoms with E-state index in [-0.39, 0.29) is 12.0 Å². The van der Waals surface area contributed by atoms with E-state index in [0.29, 0.717) is 6.61 Å². The van der Waals surface area contributed by atoms with Crippen LogP contribution < -0.4 is 4.74 Å². The highest BCUT2D eigenvalue weighted by Crippen LogP contribution is 2.39. The smallest absolute Gasteiger partial charge is 0.124 e. The predicted octanol–water partition coefficient (Wildman–Crippen LogP) is 3.06. The lowest BCUT2D eigenvalue weighted by Crippen LogP contribution is -2.07.